The van der Waals surface area contributed by atoms with Crippen LogP contribution in [0, 0.1) is 0 Å². The van der Waals surface area contributed by atoms with Crippen LogP contribution in [-0.2, 0) is 9.59 Å². The fourth-order valence-electron chi connectivity index (χ4n) is 1.56. The van der Waals surface area contributed by atoms with Crippen LogP contribution in [0.3, 0.4) is 0 Å². The van der Waals surface area contributed by atoms with Crippen LogP contribution in [0.25, 0.3) is 0 Å². The lowest BCUT2D eigenvalue weighted by molar-refractivity contribution is -0.129. The summed E-state index contributed by atoms with van der Waals surface area (Å²) in [5, 5.41) is 21.5. The molecule has 0 saturated heterocycles. The Kier molecular flexibility index (Phi) is 7.81. The van der Waals surface area contributed by atoms with Gasteiger partial charge in [0.15, 0.2) is 0 Å². The molecule has 0 unspecified atom stereocenters. The molecule has 130 valence electrons. The van der Waals surface area contributed by atoms with Crippen LogP contribution in [0.4, 0.5) is 0 Å². The lowest BCUT2D eigenvalue weighted by atomic mass is 10.2. The third kappa shape index (κ3) is 6.37. The topological polar surface area (TPSA) is 170 Å². The molecule has 0 saturated carbocycles. The summed E-state index contributed by atoms with van der Waals surface area (Å²) in [6, 6.07) is 4.23. The first-order chi connectivity index (χ1) is 11.5. The summed E-state index contributed by atoms with van der Waals surface area (Å²) in [6.45, 7) is -0.0286. The van der Waals surface area contributed by atoms with Crippen LogP contribution in [0.5, 0.6) is 0 Å². The van der Waals surface area contributed by atoms with Crippen LogP contribution in [0.15, 0.2) is 18.2 Å². The molecule has 24 heavy (non-hydrogen) atoms. The van der Waals surface area contributed by atoms with Gasteiger partial charge < -0.3 is 10.6 Å². The molecule has 1 aromatic heterocycles. The van der Waals surface area contributed by atoms with E-state index in [9.17, 15) is 19.2 Å². The Balaban J connectivity index is 2.55. The van der Waals surface area contributed by atoms with Gasteiger partial charge in [-0.05, 0) is 12.1 Å². The third-order valence-electron chi connectivity index (χ3n) is 2.74. The highest BCUT2D eigenvalue weighted by Crippen LogP contribution is 2.00. The second-order valence-electron chi connectivity index (χ2n) is 4.49. The number of hydroxylamine groups is 2. The predicted octanol–water partition coefficient (Wildman–Crippen LogP) is -1.67. The Morgan fingerprint density at radius 1 is 0.833 bits per heavy atom. The minimum Gasteiger partial charge on any atom is -0.350 e. The number of hydrogen-bond donors (Lipinski definition) is 6. The van der Waals surface area contributed by atoms with E-state index in [-0.39, 0.29) is 37.3 Å². The van der Waals surface area contributed by atoms with Crippen molar-refractivity contribution in [3.63, 3.8) is 0 Å². The van der Waals surface area contributed by atoms with Gasteiger partial charge in [0, 0.05) is 25.9 Å². The summed E-state index contributed by atoms with van der Waals surface area (Å²) in [5.41, 5.74) is 2.81. The zero-order valence-corrected chi connectivity index (χ0v) is 12.5. The van der Waals surface area contributed by atoms with Crippen molar-refractivity contribution in [3.8, 4) is 0 Å². The molecule has 1 heterocycles. The van der Waals surface area contributed by atoms with E-state index in [1.54, 1.807) is 0 Å². The van der Waals surface area contributed by atoms with E-state index in [4.69, 9.17) is 10.4 Å². The van der Waals surface area contributed by atoms with Crippen molar-refractivity contribution >= 4 is 23.6 Å². The molecule has 11 nitrogen and oxygen atoms in total. The van der Waals surface area contributed by atoms with Crippen molar-refractivity contribution in [2.24, 2.45) is 0 Å². The van der Waals surface area contributed by atoms with Crippen LogP contribution in [-0.4, -0.2) is 52.1 Å². The van der Waals surface area contributed by atoms with Gasteiger partial charge in [-0.3, -0.25) is 29.6 Å². The van der Waals surface area contributed by atoms with Gasteiger partial charge in [0.2, 0.25) is 11.8 Å². The maximum atomic E-state index is 11.9. The lowest BCUT2D eigenvalue weighted by Gasteiger charge is -2.07. The summed E-state index contributed by atoms with van der Waals surface area (Å²) in [7, 11) is 0. The Hall–Kier alpha value is -3.05. The Morgan fingerprint density at radius 3 is 1.62 bits per heavy atom. The van der Waals surface area contributed by atoms with Gasteiger partial charge in [-0.2, -0.15) is 0 Å². The van der Waals surface area contributed by atoms with Gasteiger partial charge >= 0.3 is 0 Å². The third-order valence-corrected chi connectivity index (χ3v) is 2.74. The highest BCUT2D eigenvalue weighted by molar-refractivity contribution is 5.96. The predicted molar refractivity (Wildman–Crippen MR) is 78.0 cm³/mol. The first kappa shape index (κ1) is 19.0. The second-order valence-corrected chi connectivity index (χ2v) is 4.49. The second kappa shape index (κ2) is 9.86. The minimum absolute atomic E-state index is 0.0143. The molecule has 6 N–H and O–H groups in total. The number of amides is 4. The van der Waals surface area contributed by atoms with E-state index in [1.165, 1.54) is 29.2 Å². The summed E-state index contributed by atoms with van der Waals surface area (Å²) >= 11 is 0. The highest BCUT2D eigenvalue weighted by Gasteiger charge is 2.12. The van der Waals surface area contributed by atoms with Crippen LogP contribution < -0.4 is 21.6 Å². The molecule has 0 aliphatic rings. The lowest BCUT2D eigenvalue weighted by Crippen LogP contribution is -2.31. The number of carbonyl (C=O) groups is 4. The molecule has 0 fully saturated rings. The van der Waals surface area contributed by atoms with E-state index in [0.29, 0.717) is 0 Å². The molecule has 4 amide bonds. The largest absolute Gasteiger partial charge is 0.350 e. The van der Waals surface area contributed by atoms with Gasteiger partial charge in [-0.1, -0.05) is 6.07 Å². The number of rotatable bonds is 8. The van der Waals surface area contributed by atoms with Crippen LogP contribution in [0.2, 0.25) is 0 Å². The van der Waals surface area contributed by atoms with E-state index >= 15 is 0 Å². The van der Waals surface area contributed by atoms with Gasteiger partial charge in [-0.15, -0.1) is 0 Å². The van der Waals surface area contributed by atoms with Gasteiger partial charge in [0.05, 0.1) is 0 Å². The number of carbonyl (C=O) groups excluding carboxylic acids is 4. The van der Waals surface area contributed by atoms with E-state index in [0.717, 1.165) is 0 Å². The molecule has 0 atom stereocenters. The van der Waals surface area contributed by atoms with E-state index in [2.05, 4.69) is 15.6 Å². The summed E-state index contributed by atoms with van der Waals surface area (Å²) < 4.78 is 0. The first-order valence-corrected chi connectivity index (χ1v) is 6.87. The number of nitrogens with one attached hydrogen (secondary N) is 4. The van der Waals surface area contributed by atoms with Gasteiger partial charge in [-0.25, -0.2) is 15.9 Å². The van der Waals surface area contributed by atoms with Crippen molar-refractivity contribution in [3.05, 3.63) is 29.6 Å². The average molecular weight is 339 g/mol. The molecule has 0 spiro atoms. The summed E-state index contributed by atoms with van der Waals surface area (Å²) in [6.07, 6.45) is -0.231. The number of hydrogen-bond acceptors (Lipinski definition) is 7. The number of pyridine rings is 1. The molecule has 1 rings (SSSR count). The fourth-order valence-corrected chi connectivity index (χ4v) is 1.56. The van der Waals surface area contributed by atoms with Gasteiger partial charge in [0.1, 0.15) is 11.4 Å². The van der Waals surface area contributed by atoms with E-state index in [1.807, 2.05) is 0 Å². The standard InChI is InChI=1S/C13H17N5O6/c19-10(17-23)4-6-14-12(21)8-2-1-3-9(16-8)13(22)15-7-5-11(20)18-24/h1-3,23-24H,4-7H2,(H,14,21)(H,15,22)(H,17,19)(H,18,20). The fraction of sp³-hybridized carbons (Fsp3) is 0.308. The number of nitrogens with zero attached hydrogens (tertiary/aromatic N) is 1. The van der Waals surface area contributed by atoms with Crippen molar-refractivity contribution in [1.29, 1.82) is 0 Å². The SMILES string of the molecule is O=C(CCNC(=O)c1cccc(C(=O)NCCC(=O)NO)n1)NO. The minimum atomic E-state index is -0.650. The maximum absolute atomic E-state index is 11.9. The normalized spacial score (nSPS) is 9.75. The maximum Gasteiger partial charge on any atom is 0.269 e. The first-order valence-electron chi connectivity index (χ1n) is 6.87. The van der Waals surface area contributed by atoms with Crippen molar-refractivity contribution in [2.75, 3.05) is 13.1 Å². The van der Waals surface area contributed by atoms with Crippen molar-refractivity contribution < 1.29 is 29.6 Å². The van der Waals surface area contributed by atoms with Crippen LogP contribution in [0.1, 0.15) is 33.8 Å². The molecular formula is C13H17N5O6. The Labute approximate surface area is 136 Å². The molecule has 0 bridgehead atoms. The zero-order chi connectivity index (χ0) is 17.9. The van der Waals surface area contributed by atoms with E-state index < -0.39 is 23.6 Å². The Morgan fingerprint density at radius 2 is 1.25 bits per heavy atom. The number of aromatic nitrogens is 1. The summed E-state index contributed by atoms with van der Waals surface area (Å²) in [4.78, 5) is 49.2. The quantitative estimate of drug-likeness (QED) is 0.243. The van der Waals surface area contributed by atoms with Crippen molar-refractivity contribution in [2.45, 2.75) is 12.8 Å². The van der Waals surface area contributed by atoms with Crippen LogP contribution >= 0.6 is 0 Å². The van der Waals surface area contributed by atoms with Gasteiger partial charge in [0.25, 0.3) is 11.8 Å². The molecule has 0 aliphatic carbocycles. The smallest absolute Gasteiger partial charge is 0.269 e. The molecule has 0 radical (unpaired) electrons. The zero-order valence-electron chi connectivity index (χ0n) is 12.5. The molecular weight excluding hydrogens is 322 g/mol. The highest BCUT2D eigenvalue weighted by atomic mass is 16.5. The molecule has 0 aliphatic heterocycles. The Bertz CT molecular complexity index is 571. The average Bonchev–Trinajstić information content (AvgIpc) is 2.61. The summed E-state index contributed by atoms with van der Waals surface area (Å²) in [5.74, 6) is -2.48. The monoisotopic (exact) mass is 339 g/mol. The molecule has 0 aromatic carbocycles. The molecule has 1 aromatic rings. The molecule has 11 heteroatoms. The van der Waals surface area contributed by atoms with Crippen molar-refractivity contribution in [1.82, 2.24) is 26.6 Å².